The first-order chi connectivity index (χ1) is 14.1. The number of rotatable bonds is 7. The van der Waals surface area contributed by atoms with Crippen molar-refractivity contribution in [1.82, 2.24) is 10.3 Å². The van der Waals surface area contributed by atoms with Gasteiger partial charge in [0.15, 0.2) is 12.2 Å². The normalized spacial score (nSPS) is 10.5. The van der Waals surface area contributed by atoms with Crippen LogP contribution in [-0.2, 0) is 20.0 Å². The molecule has 1 N–H and O–H groups in total. The number of para-hydroxylation sites is 2. The second-order valence-corrected chi connectivity index (χ2v) is 6.66. The first kappa shape index (κ1) is 20.4. The summed E-state index contributed by atoms with van der Waals surface area (Å²) in [5.41, 5.74) is 2.47. The second-order valence-electron chi connectivity index (χ2n) is 5.74. The van der Waals surface area contributed by atoms with Gasteiger partial charge in [0.05, 0.1) is 12.2 Å². The fraction of sp³-hybridized carbons (Fsp3) is 0.200. The Bertz CT molecular complexity index is 999. The fourth-order valence-corrected chi connectivity index (χ4v) is 3.27. The number of carbonyl (C=O) groups is 3. The molecule has 150 valence electrons. The molecule has 3 rings (SSSR count). The van der Waals surface area contributed by atoms with Crippen LogP contribution in [0.4, 0.5) is 4.79 Å². The predicted molar refractivity (Wildman–Crippen MR) is 105 cm³/mol. The van der Waals surface area contributed by atoms with Gasteiger partial charge in [-0.15, -0.1) is 0 Å². The molecular weight excluding hydrogens is 396 g/mol. The van der Waals surface area contributed by atoms with Crippen LogP contribution in [-0.4, -0.2) is 36.2 Å². The molecule has 0 spiro atoms. The summed E-state index contributed by atoms with van der Waals surface area (Å²) in [7, 11) is 0. The number of benzene rings is 2. The van der Waals surface area contributed by atoms with Crippen molar-refractivity contribution < 1.29 is 28.3 Å². The standard InChI is InChI=1S/C20H18N2O6S/c1-2-26-19(25)22-17(23)11-27-18(24)14-8-4-3-7-13(14)12-29-20-21-15-9-5-6-10-16(15)28-20/h3-10H,2,11-12H2,1H3,(H,22,23,25). The van der Waals surface area contributed by atoms with Gasteiger partial charge in [-0.2, -0.15) is 0 Å². The van der Waals surface area contributed by atoms with Crippen molar-refractivity contribution in [3.05, 3.63) is 59.7 Å². The van der Waals surface area contributed by atoms with E-state index >= 15 is 0 Å². The number of esters is 1. The second kappa shape index (κ2) is 9.74. The molecule has 0 saturated carbocycles. The molecule has 3 aromatic rings. The molecule has 2 aromatic carbocycles. The summed E-state index contributed by atoms with van der Waals surface area (Å²) in [5, 5.41) is 2.45. The van der Waals surface area contributed by atoms with Gasteiger partial charge in [0.25, 0.3) is 11.1 Å². The van der Waals surface area contributed by atoms with Crippen LogP contribution in [0.5, 0.6) is 0 Å². The molecule has 0 aliphatic heterocycles. The number of thioether (sulfide) groups is 1. The van der Waals surface area contributed by atoms with Crippen molar-refractivity contribution in [2.24, 2.45) is 0 Å². The lowest BCUT2D eigenvalue weighted by atomic mass is 10.1. The molecule has 0 radical (unpaired) electrons. The average molecular weight is 414 g/mol. The molecular formula is C20H18N2O6S. The van der Waals surface area contributed by atoms with Gasteiger partial charge in [-0.05, 0) is 30.7 Å². The number of oxazole rings is 1. The third-order valence-electron chi connectivity index (χ3n) is 3.71. The number of hydrogen-bond donors (Lipinski definition) is 1. The van der Waals surface area contributed by atoms with Crippen LogP contribution in [0.25, 0.3) is 11.1 Å². The van der Waals surface area contributed by atoms with E-state index in [1.165, 1.54) is 11.8 Å². The number of nitrogens with one attached hydrogen (secondary N) is 1. The largest absolute Gasteiger partial charge is 0.452 e. The summed E-state index contributed by atoms with van der Waals surface area (Å²) in [5.74, 6) is -1.01. The summed E-state index contributed by atoms with van der Waals surface area (Å²) in [6.07, 6.45) is -0.885. The lowest BCUT2D eigenvalue weighted by Gasteiger charge is -2.09. The molecule has 0 aliphatic carbocycles. The summed E-state index contributed by atoms with van der Waals surface area (Å²) >= 11 is 1.34. The van der Waals surface area contributed by atoms with E-state index in [0.717, 1.165) is 5.52 Å². The van der Waals surface area contributed by atoms with Crippen molar-refractivity contribution in [3.8, 4) is 0 Å². The monoisotopic (exact) mass is 414 g/mol. The molecule has 0 saturated heterocycles. The minimum absolute atomic E-state index is 0.129. The van der Waals surface area contributed by atoms with Gasteiger partial charge in [-0.3, -0.25) is 10.1 Å². The van der Waals surface area contributed by atoms with Crippen molar-refractivity contribution >= 4 is 40.8 Å². The zero-order valence-corrected chi connectivity index (χ0v) is 16.4. The van der Waals surface area contributed by atoms with Gasteiger partial charge < -0.3 is 13.9 Å². The Morgan fingerprint density at radius 1 is 1.07 bits per heavy atom. The lowest BCUT2D eigenvalue weighted by Crippen LogP contribution is -2.34. The molecule has 8 nitrogen and oxygen atoms in total. The predicted octanol–water partition coefficient (Wildman–Crippen LogP) is 3.55. The molecule has 9 heteroatoms. The Hall–Kier alpha value is -3.33. The van der Waals surface area contributed by atoms with E-state index in [0.29, 0.717) is 27.7 Å². The van der Waals surface area contributed by atoms with Crippen LogP contribution in [0, 0.1) is 0 Å². The highest BCUT2D eigenvalue weighted by Gasteiger charge is 2.16. The molecule has 1 aromatic heterocycles. The number of ether oxygens (including phenoxy) is 2. The van der Waals surface area contributed by atoms with E-state index in [4.69, 9.17) is 9.15 Å². The Morgan fingerprint density at radius 3 is 2.62 bits per heavy atom. The SMILES string of the molecule is CCOC(=O)NC(=O)COC(=O)c1ccccc1CSc1nc2ccccc2o1. The molecule has 0 fully saturated rings. The van der Waals surface area contributed by atoms with Crippen LogP contribution in [0.3, 0.4) is 0 Å². The lowest BCUT2D eigenvalue weighted by molar-refractivity contribution is -0.123. The van der Waals surface area contributed by atoms with Gasteiger partial charge in [-0.1, -0.05) is 42.1 Å². The zero-order chi connectivity index (χ0) is 20.6. The Balaban J connectivity index is 1.59. The minimum Gasteiger partial charge on any atom is -0.452 e. The third kappa shape index (κ3) is 5.58. The quantitative estimate of drug-likeness (QED) is 0.462. The summed E-state index contributed by atoms with van der Waals surface area (Å²) in [6, 6.07) is 14.3. The van der Waals surface area contributed by atoms with Gasteiger partial charge >= 0.3 is 12.1 Å². The highest BCUT2D eigenvalue weighted by Crippen LogP contribution is 2.27. The van der Waals surface area contributed by atoms with Crippen LogP contribution in [0.15, 0.2) is 58.2 Å². The van der Waals surface area contributed by atoms with Crippen molar-refractivity contribution in [3.63, 3.8) is 0 Å². The third-order valence-corrected chi connectivity index (χ3v) is 4.59. The van der Waals surface area contributed by atoms with Crippen molar-refractivity contribution in [2.75, 3.05) is 13.2 Å². The van der Waals surface area contributed by atoms with E-state index in [-0.39, 0.29) is 6.61 Å². The molecule has 2 amide bonds. The number of carbonyl (C=O) groups excluding carboxylic acids is 3. The van der Waals surface area contributed by atoms with Crippen molar-refractivity contribution in [1.29, 1.82) is 0 Å². The fourth-order valence-electron chi connectivity index (χ4n) is 2.42. The maximum absolute atomic E-state index is 12.4. The van der Waals surface area contributed by atoms with Gasteiger partial charge in [0.2, 0.25) is 0 Å². The molecule has 0 aliphatic rings. The Kier molecular flexibility index (Phi) is 6.85. The number of imide groups is 1. The summed E-state index contributed by atoms with van der Waals surface area (Å²) in [6.45, 7) is 1.15. The van der Waals surface area contributed by atoms with E-state index in [1.807, 2.05) is 29.6 Å². The minimum atomic E-state index is -0.885. The number of aromatic nitrogens is 1. The molecule has 0 unspecified atom stereocenters. The maximum atomic E-state index is 12.4. The van der Waals surface area contributed by atoms with Crippen molar-refractivity contribution in [2.45, 2.75) is 17.9 Å². The van der Waals surface area contributed by atoms with E-state index in [2.05, 4.69) is 9.72 Å². The Morgan fingerprint density at radius 2 is 1.83 bits per heavy atom. The summed E-state index contributed by atoms with van der Waals surface area (Å²) < 4.78 is 15.3. The van der Waals surface area contributed by atoms with E-state index in [1.54, 1.807) is 31.2 Å². The topological polar surface area (TPSA) is 108 Å². The summed E-state index contributed by atoms with van der Waals surface area (Å²) in [4.78, 5) is 39.6. The van der Waals surface area contributed by atoms with Crippen LogP contribution < -0.4 is 5.32 Å². The highest BCUT2D eigenvalue weighted by atomic mass is 32.2. The number of alkyl carbamates (subject to hydrolysis) is 1. The number of fused-ring (bicyclic) bond motifs is 1. The first-order valence-electron chi connectivity index (χ1n) is 8.77. The Labute approximate surface area is 170 Å². The van der Waals surface area contributed by atoms with Crippen LogP contribution >= 0.6 is 11.8 Å². The highest BCUT2D eigenvalue weighted by molar-refractivity contribution is 7.98. The van der Waals surface area contributed by atoms with Gasteiger partial charge in [0.1, 0.15) is 5.52 Å². The van der Waals surface area contributed by atoms with Gasteiger partial charge in [0, 0.05) is 5.75 Å². The smallest absolute Gasteiger partial charge is 0.413 e. The zero-order valence-electron chi connectivity index (χ0n) is 15.5. The van der Waals surface area contributed by atoms with E-state index in [9.17, 15) is 14.4 Å². The number of amides is 2. The number of hydrogen-bond acceptors (Lipinski definition) is 8. The van der Waals surface area contributed by atoms with Crippen LogP contribution in [0.2, 0.25) is 0 Å². The van der Waals surface area contributed by atoms with E-state index < -0.39 is 24.6 Å². The number of nitrogens with zero attached hydrogens (tertiary/aromatic N) is 1. The first-order valence-corrected chi connectivity index (χ1v) is 9.75. The average Bonchev–Trinajstić information content (AvgIpc) is 3.14. The maximum Gasteiger partial charge on any atom is 0.413 e. The molecule has 1 heterocycles. The van der Waals surface area contributed by atoms with Crippen LogP contribution in [0.1, 0.15) is 22.8 Å². The molecule has 0 atom stereocenters. The van der Waals surface area contributed by atoms with Gasteiger partial charge in [-0.25, -0.2) is 14.6 Å². The molecule has 0 bridgehead atoms. The molecule has 29 heavy (non-hydrogen) atoms.